The number of hydrogen-bond donors (Lipinski definition) is 2. The van der Waals surface area contributed by atoms with Gasteiger partial charge in [0.05, 0.1) is 6.10 Å². The fourth-order valence-corrected chi connectivity index (χ4v) is 3.37. The van der Waals surface area contributed by atoms with Crippen molar-refractivity contribution >= 4 is 11.8 Å². The second-order valence-corrected chi connectivity index (χ2v) is 7.42. The summed E-state index contributed by atoms with van der Waals surface area (Å²) in [5.41, 5.74) is -2.41. The van der Waals surface area contributed by atoms with Crippen LogP contribution >= 0.6 is 0 Å². The van der Waals surface area contributed by atoms with Gasteiger partial charge < -0.3 is 24.6 Å². The number of benzene rings is 1. The molecule has 2 amide bonds. The molecule has 1 unspecified atom stereocenters. The lowest BCUT2D eigenvalue weighted by atomic mass is 10.1. The summed E-state index contributed by atoms with van der Waals surface area (Å²) in [6.07, 6.45) is 1.60. The summed E-state index contributed by atoms with van der Waals surface area (Å²) in [5.74, 6) is -5.94. The van der Waals surface area contributed by atoms with Crippen LogP contribution in [0.2, 0.25) is 0 Å². The highest BCUT2D eigenvalue weighted by atomic mass is 19.1. The zero-order valence-corrected chi connectivity index (χ0v) is 17.5. The second kappa shape index (κ2) is 9.43. The first kappa shape index (κ1) is 23.3. The number of ether oxygens (including phenoxy) is 1. The van der Waals surface area contributed by atoms with Crippen molar-refractivity contribution in [2.45, 2.75) is 32.5 Å². The van der Waals surface area contributed by atoms with E-state index in [0.717, 1.165) is 6.20 Å². The first-order chi connectivity index (χ1) is 15.1. The molecule has 1 aromatic heterocycles. The summed E-state index contributed by atoms with van der Waals surface area (Å²) in [4.78, 5) is 39.2. The molecule has 1 aliphatic heterocycles. The molecule has 1 aliphatic rings. The lowest BCUT2D eigenvalue weighted by Gasteiger charge is -2.31. The number of rotatable bonds is 7. The number of pyridine rings is 1. The molecule has 2 N–H and O–H groups in total. The Morgan fingerprint density at radius 1 is 1.22 bits per heavy atom. The summed E-state index contributed by atoms with van der Waals surface area (Å²) in [7, 11) is 1.55. The summed E-state index contributed by atoms with van der Waals surface area (Å²) >= 11 is 0. The highest BCUT2D eigenvalue weighted by Crippen LogP contribution is 2.21. The quantitative estimate of drug-likeness (QED) is 0.666. The fraction of sp³-hybridized carbons (Fsp3) is 0.381. The van der Waals surface area contributed by atoms with Crippen LogP contribution in [0, 0.1) is 17.5 Å². The van der Waals surface area contributed by atoms with Gasteiger partial charge in [-0.15, -0.1) is 0 Å². The SMILES string of the molecule is COC(C)CCN1CCn2cc(C(=O)NCc3c(F)cc(F)cc3F)c(=O)c(O)c2C1=O. The molecule has 1 aromatic carbocycles. The van der Waals surface area contributed by atoms with Crippen molar-refractivity contribution in [1.29, 1.82) is 0 Å². The molecule has 0 aliphatic carbocycles. The lowest BCUT2D eigenvalue weighted by Crippen LogP contribution is -2.43. The maximum Gasteiger partial charge on any atom is 0.274 e. The van der Waals surface area contributed by atoms with Crippen LogP contribution in [0.15, 0.2) is 23.1 Å². The highest BCUT2D eigenvalue weighted by molar-refractivity contribution is 5.99. The molecule has 0 radical (unpaired) electrons. The molecule has 3 rings (SSSR count). The largest absolute Gasteiger partial charge is 0.503 e. The summed E-state index contributed by atoms with van der Waals surface area (Å²) in [5, 5.41) is 12.5. The van der Waals surface area contributed by atoms with E-state index in [9.17, 15) is 32.7 Å². The number of carbonyl (C=O) groups is 2. The molecule has 11 heteroatoms. The number of aromatic nitrogens is 1. The van der Waals surface area contributed by atoms with Crippen LogP contribution in [0.1, 0.15) is 39.8 Å². The van der Waals surface area contributed by atoms with E-state index in [1.54, 1.807) is 7.11 Å². The number of halogens is 3. The van der Waals surface area contributed by atoms with Gasteiger partial charge in [0.2, 0.25) is 5.43 Å². The first-order valence-electron chi connectivity index (χ1n) is 9.84. The average molecular weight is 453 g/mol. The number of nitrogens with zero attached hydrogens (tertiary/aromatic N) is 2. The number of nitrogens with one attached hydrogen (secondary N) is 1. The van der Waals surface area contributed by atoms with Gasteiger partial charge in [0.25, 0.3) is 11.8 Å². The third-order valence-electron chi connectivity index (χ3n) is 5.34. The Morgan fingerprint density at radius 2 is 1.88 bits per heavy atom. The zero-order valence-electron chi connectivity index (χ0n) is 17.5. The van der Waals surface area contributed by atoms with Crippen LogP contribution in [-0.2, 0) is 17.8 Å². The standard InChI is InChI=1S/C21H22F3N3O5/c1-11(32-2)3-4-26-5-6-27-10-14(18(28)19(29)17(27)21(26)31)20(30)25-9-13-15(23)7-12(22)8-16(13)24/h7-8,10-11,29H,3-6,9H2,1-2H3,(H,25,30). The minimum Gasteiger partial charge on any atom is -0.503 e. The zero-order chi connectivity index (χ0) is 23.6. The van der Waals surface area contributed by atoms with Gasteiger partial charge in [0.15, 0.2) is 11.4 Å². The number of aromatic hydroxyl groups is 1. The van der Waals surface area contributed by atoms with Gasteiger partial charge in [-0.25, -0.2) is 13.2 Å². The number of hydrogen-bond acceptors (Lipinski definition) is 5. The van der Waals surface area contributed by atoms with E-state index in [4.69, 9.17) is 4.74 Å². The van der Waals surface area contributed by atoms with Gasteiger partial charge in [0.1, 0.15) is 23.0 Å². The topological polar surface area (TPSA) is 101 Å². The monoisotopic (exact) mass is 453 g/mol. The van der Waals surface area contributed by atoms with Crippen molar-refractivity contribution in [3.05, 3.63) is 62.8 Å². The van der Waals surface area contributed by atoms with Crippen molar-refractivity contribution in [2.75, 3.05) is 20.2 Å². The molecule has 8 nitrogen and oxygen atoms in total. The summed E-state index contributed by atoms with van der Waals surface area (Å²) < 4.78 is 47.0. The van der Waals surface area contributed by atoms with Crippen molar-refractivity contribution in [3.8, 4) is 5.75 Å². The van der Waals surface area contributed by atoms with E-state index in [1.807, 2.05) is 6.92 Å². The van der Waals surface area contributed by atoms with E-state index in [2.05, 4.69) is 5.32 Å². The van der Waals surface area contributed by atoms with E-state index in [-0.39, 0.29) is 24.9 Å². The smallest absolute Gasteiger partial charge is 0.274 e. The van der Waals surface area contributed by atoms with Crippen molar-refractivity contribution in [1.82, 2.24) is 14.8 Å². The molecule has 0 fully saturated rings. The van der Waals surface area contributed by atoms with Gasteiger partial charge in [0, 0.05) is 57.2 Å². The van der Waals surface area contributed by atoms with Crippen LogP contribution in [0.4, 0.5) is 13.2 Å². The van der Waals surface area contributed by atoms with Gasteiger partial charge in [-0.05, 0) is 13.3 Å². The Hall–Kier alpha value is -3.34. The van der Waals surface area contributed by atoms with Crippen LogP contribution < -0.4 is 10.7 Å². The Balaban J connectivity index is 1.81. The molecule has 32 heavy (non-hydrogen) atoms. The molecule has 0 saturated heterocycles. The lowest BCUT2D eigenvalue weighted by molar-refractivity contribution is 0.0619. The van der Waals surface area contributed by atoms with E-state index in [0.29, 0.717) is 25.1 Å². The number of carbonyl (C=O) groups excluding carboxylic acids is 2. The molecular formula is C21H22F3N3O5. The molecule has 2 heterocycles. The Morgan fingerprint density at radius 3 is 2.50 bits per heavy atom. The molecule has 0 spiro atoms. The van der Waals surface area contributed by atoms with Gasteiger partial charge in [-0.1, -0.05) is 0 Å². The van der Waals surface area contributed by atoms with Crippen molar-refractivity contribution in [2.24, 2.45) is 0 Å². The highest BCUT2D eigenvalue weighted by Gasteiger charge is 2.31. The Labute approximate surface area is 181 Å². The molecule has 0 bridgehead atoms. The number of fused-ring (bicyclic) bond motifs is 1. The predicted molar refractivity (Wildman–Crippen MR) is 107 cm³/mol. The van der Waals surface area contributed by atoms with E-state index < -0.39 is 58.1 Å². The van der Waals surface area contributed by atoms with Crippen LogP contribution in [-0.4, -0.2) is 52.7 Å². The van der Waals surface area contributed by atoms with Crippen molar-refractivity contribution in [3.63, 3.8) is 0 Å². The maximum absolute atomic E-state index is 13.8. The molecular weight excluding hydrogens is 431 g/mol. The van der Waals surface area contributed by atoms with Crippen LogP contribution in [0.5, 0.6) is 5.75 Å². The summed E-state index contributed by atoms with van der Waals surface area (Å²) in [6.45, 7) is 2.07. The van der Waals surface area contributed by atoms with E-state index >= 15 is 0 Å². The molecule has 1 atom stereocenters. The summed E-state index contributed by atoms with van der Waals surface area (Å²) in [6, 6.07) is 0.934. The minimum atomic E-state index is -1.19. The van der Waals surface area contributed by atoms with Crippen LogP contribution in [0.25, 0.3) is 0 Å². The van der Waals surface area contributed by atoms with Gasteiger partial charge >= 0.3 is 0 Å². The average Bonchev–Trinajstić information content (AvgIpc) is 2.74. The fourth-order valence-electron chi connectivity index (χ4n) is 3.37. The Kier molecular flexibility index (Phi) is 6.87. The second-order valence-electron chi connectivity index (χ2n) is 7.42. The number of methoxy groups -OCH3 is 1. The van der Waals surface area contributed by atoms with Crippen molar-refractivity contribution < 1.29 is 32.6 Å². The molecule has 0 saturated carbocycles. The van der Waals surface area contributed by atoms with E-state index in [1.165, 1.54) is 9.47 Å². The predicted octanol–water partition coefficient (Wildman–Crippen LogP) is 1.78. The minimum absolute atomic E-state index is 0.0811. The normalized spacial score (nSPS) is 14.3. The third kappa shape index (κ3) is 4.62. The third-order valence-corrected chi connectivity index (χ3v) is 5.34. The van der Waals surface area contributed by atoms with Gasteiger partial charge in [-0.2, -0.15) is 0 Å². The molecule has 2 aromatic rings. The van der Waals surface area contributed by atoms with Crippen LogP contribution in [0.3, 0.4) is 0 Å². The van der Waals surface area contributed by atoms with Gasteiger partial charge in [-0.3, -0.25) is 14.4 Å². The molecule has 172 valence electrons. The first-order valence-corrected chi connectivity index (χ1v) is 9.84. The Bertz CT molecular complexity index is 1100. The number of amides is 2. The maximum atomic E-state index is 13.8.